The smallest absolute Gasteiger partial charge is 0.306 e. The number of nitrogens with one attached hydrogen (secondary N) is 1. The summed E-state index contributed by atoms with van der Waals surface area (Å²) in [6.45, 7) is 6.34. The van der Waals surface area contributed by atoms with E-state index in [1.807, 2.05) is 0 Å². The molecule has 0 aliphatic rings. The number of hydrogen-bond acceptors (Lipinski definition) is 5. The van der Waals surface area contributed by atoms with E-state index in [0.717, 1.165) is 109 Å². The molecule has 0 aromatic heterocycles. The molecule has 3 atom stereocenters. The number of allylic oxidation sites excluding steroid dienone is 12. The number of aliphatic hydroxyl groups excluding tert-OH is 2. The normalized spacial score (nSPS) is 13.8. The van der Waals surface area contributed by atoms with Crippen LogP contribution >= 0.6 is 0 Å². The molecule has 0 saturated heterocycles. The fourth-order valence-corrected chi connectivity index (χ4v) is 7.75. The van der Waals surface area contributed by atoms with Crippen molar-refractivity contribution < 1.29 is 24.5 Å². The first-order chi connectivity index (χ1) is 31.0. The topological polar surface area (TPSA) is 95.9 Å². The number of carbonyl (C=O) groups excluding carboxylic acids is 2. The lowest BCUT2D eigenvalue weighted by Gasteiger charge is -2.24. The maximum atomic E-state index is 13.2. The minimum absolute atomic E-state index is 0.0526. The number of esters is 1. The maximum absolute atomic E-state index is 13.2. The zero-order valence-electron chi connectivity index (χ0n) is 41.4. The van der Waals surface area contributed by atoms with Crippen LogP contribution in [0.25, 0.3) is 0 Å². The van der Waals surface area contributed by atoms with E-state index >= 15 is 0 Å². The number of hydrogen-bond donors (Lipinski definition) is 3. The van der Waals surface area contributed by atoms with Gasteiger partial charge in [0, 0.05) is 6.42 Å². The van der Waals surface area contributed by atoms with Crippen LogP contribution in [-0.2, 0) is 14.3 Å². The Morgan fingerprint density at radius 3 is 1.33 bits per heavy atom. The van der Waals surface area contributed by atoms with Crippen molar-refractivity contribution in [2.75, 3.05) is 6.61 Å². The van der Waals surface area contributed by atoms with Gasteiger partial charge in [-0.2, -0.15) is 0 Å². The summed E-state index contributed by atoms with van der Waals surface area (Å²) in [5.41, 5.74) is 0. The first kappa shape index (κ1) is 60.3. The second kappa shape index (κ2) is 50.3. The van der Waals surface area contributed by atoms with Crippen LogP contribution in [0.4, 0.5) is 0 Å². The minimum atomic E-state index is -0.800. The van der Waals surface area contributed by atoms with Gasteiger partial charge in [0.25, 0.3) is 0 Å². The third-order valence-corrected chi connectivity index (χ3v) is 11.8. The second-order valence-corrected chi connectivity index (χ2v) is 17.9. The molecule has 0 aromatic rings. The quantitative estimate of drug-likeness (QED) is 0.0321. The highest BCUT2D eigenvalue weighted by molar-refractivity contribution is 5.77. The summed E-state index contributed by atoms with van der Waals surface area (Å²) >= 11 is 0. The average Bonchev–Trinajstić information content (AvgIpc) is 3.28. The van der Waals surface area contributed by atoms with Gasteiger partial charge in [-0.05, 0) is 96.3 Å². The SMILES string of the molecule is CC/C=C/C/C=C/CCCCCCCC(CC(=O)NC(CO)C(O)CCCCCCCCCCCCCCC)OC(=O)CCCCC/C=C\C/C=C\C/C=C\C/C=C\CCCCC. The summed E-state index contributed by atoms with van der Waals surface area (Å²) in [7, 11) is 0. The predicted molar refractivity (Wildman–Crippen MR) is 273 cm³/mol. The van der Waals surface area contributed by atoms with Gasteiger partial charge in [-0.3, -0.25) is 9.59 Å². The molecular weight excluding hydrogens is 779 g/mol. The Labute approximate surface area is 390 Å². The Morgan fingerprint density at radius 2 is 0.857 bits per heavy atom. The molecule has 364 valence electrons. The third-order valence-electron chi connectivity index (χ3n) is 11.8. The first-order valence-corrected chi connectivity index (χ1v) is 26.7. The molecule has 3 N–H and O–H groups in total. The van der Waals surface area contributed by atoms with Crippen LogP contribution < -0.4 is 5.32 Å². The molecule has 0 rings (SSSR count). The molecule has 63 heavy (non-hydrogen) atoms. The highest BCUT2D eigenvalue weighted by Crippen LogP contribution is 2.17. The molecule has 0 spiro atoms. The number of ether oxygens (including phenoxy) is 1. The Morgan fingerprint density at radius 1 is 0.476 bits per heavy atom. The van der Waals surface area contributed by atoms with Crippen molar-refractivity contribution in [3.63, 3.8) is 0 Å². The van der Waals surface area contributed by atoms with Crippen LogP contribution in [0.2, 0.25) is 0 Å². The fraction of sp³-hybridized carbons (Fsp3) is 0.754. The van der Waals surface area contributed by atoms with E-state index in [1.54, 1.807) is 0 Å². The van der Waals surface area contributed by atoms with E-state index in [1.165, 1.54) is 96.3 Å². The zero-order valence-corrected chi connectivity index (χ0v) is 41.4. The van der Waals surface area contributed by atoms with Crippen LogP contribution in [0.15, 0.2) is 72.9 Å². The van der Waals surface area contributed by atoms with Crippen molar-refractivity contribution in [1.29, 1.82) is 0 Å². The summed E-state index contributed by atoms with van der Waals surface area (Å²) < 4.78 is 5.92. The molecule has 0 heterocycles. The van der Waals surface area contributed by atoms with E-state index < -0.39 is 18.2 Å². The van der Waals surface area contributed by atoms with E-state index in [9.17, 15) is 19.8 Å². The summed E-state index contributed by atoms with van der Waals surface area (Å²) in [5, 5.41) is 23.8. The van der Waals surface area contributed by atoms with Crippen molar-refractivity contribution in [1.82, 2.24) is 5.32 Å². The number of unbranched alkanes of at least 4 members (excludes halogenated alkanes) is 23. The zero-order chi connectivity index (χ0) is 45.9. The molecule has 0 fully saturated rings. The highest BCUT2D eigenvalue weighted by atomic mass is 16.5. The largest absolute Gasteiger partial charge is 0.462 e. The summed E-state index contributed by atoms with van der Waals surface area (Å²) in [6, 6.07) is -0.715. The van der Waals surface area contributed by atoms with E-state index in [2.05, 4.69) is 99.0 Å². The Hall–Kier alpha value is -2.70. The fourth-order valence-electron chi connectivity index (χ4n) is 7.75. The number of carbonyl (C=O) groups is 2. The summed E-state index contributed by atoms with van der Waals surface area (Å²) in [6.07, 6.45) is 63.9. The van der Waals surface area contributed by atoms with Crippen LogP contribution in [0, 0.1) is 0 Å². The van der Waals surface area contributed by atoms with Crippen molar-refractivity contribution in [2.24, 2.45) is 0 Å². The minimum Gasteiger partial charge on any atom is -0.462 e. The Kier molecular flexibility index (Phi) is 48.1. The molecule has 3 unspecified atom stereocenters. The monoisotopic (exact) mass is 880 g/mol. The summed E-state index contributed by atoms with van der Waals surface area (Å²) in [4.78, 5) is 26.2. The van der Waals surface area contributed by atoms with Gasteiger partial charge in [0.2, 0.25) is 5.91 Å². The molecule has 0 aliphatic heterocycles. The molecule has 0 aromatic carbocycles. The van der Waals surface area contributed by atoms with Crippen molar-refractivity contribution in [3.8, 4) is 0 Å². The van der Waals surface area contributed by atoms with Crippen LogP contribution in [0.3, 0.4) is 0 Å². The van der Waals surface area contributed by atoms with Crippen molar-refractivity contribution in [3.05, 3.63) is 72.9 Å². The Bertz CT molecular complexity index is 1170. The van der Waals surface area contributed by atoms with E-state index in [-0.39, 0.29) is 24.9 Å². The van der Waals surface area contributed by atoms with Crippen LogP contribution in [0.5, 0.6) is 0 Å². The van der Waals surface area contributed by atoms with E-state index in [0.29, 0.717) is 19.3 Å². The van der Waals surface area contributed by atoms with Crippen LogP contribution in [0.1, 0.15) is 252 Å². The lowest BCUT2D eigenvalue weighted by Crippen LogP contribution is -2.46. The van der Waals surface area contributed by atoms with Gasteiger partial charge < -0.3 is 20.3 Å². The van der Waals surface area contributed by atoms with Gasteiger partial charge in [-0.1, -0.05) is 216 Å². The van der Waals surface area contributed by atoms with Gasteiger partial charge in [0.15, 0.2) is 0 Å². The first-order valence-electron chi connectivity index (χ1n) is 26.7. The molecule has 0 aliphatic carbocycles. The predicted octanol–water partition coefficient (Wildman–Crippen LogP) is 16.2. The molecule has 6 nitrogen and oxygen atoms in total. The Balaban J connectivity index is 4.61. The second-order valence-electron chi connectivity index (χ2n) is 17.9. The number of rotatable bonds is 47. The van der Waals surface area contributed by atoms with Gasteiger partial charge in [-0.25, -0.2) is 0 Å². The molecule has 0 saturated carbocycles. The van der Waals surface area contributed by atoms with Gasteiger partial charge in [0.05, 0.1) is 25.2 Å². The summed E-state index contributed by atoms with van der Waals surface area (Å²) in [5.74, 6) is -0.525. The number of aliphatic hydroxyl groups is 2. The molecule has 1 amide bonds. The standard InChI is InChI=1S/C57H101NO5/c1-4-7-10-13-16-19-22-25-26-27-28-29-30-32-35-38-41-44-47-50-57(62)63-53(48-45-42-39-36-33-24-21-18-15-12-9-6-3)51-56(61)58-54(52-59)55(60)49-46-43-40-37-34-31-23-20-17-14-11-8-5-2/h9,12,16,18-19,21,25-26,28-29,32,35,53-55,59-60H,4-8,10-11,13-15,17,20,22-24,27,30-31,33-34,36-52H2,1-3H3,(H,58,61)/b12-9+,19-16-,21-18+,26-25-,29-28-,35-32-. The lowest BCUT2D eigenvalue weighted by molar-refractivity contribution is -0.151. The van der Waals surface area contributed by atoms with Crippen molar-refractivity contribution in [2.45, 2.75) is 270 Å². The maximum Gasteiger partial charge on any atom is 0.306 e. The highest BCUT2D eigenvalue weighted by Gasteiger charge is 2.24. The van der Waals surface area contributed by atoms with Crippen LogP contribution in [-0.4, -0.2) is 46.9 Å². The van der Waals surface area contributed by atoms with Gasteiger partial charge in [0.1, 0.15) is 6.10 Å². The van der Waals surface area contributed by atoms with Crippen molar-refractivity contribution >= 4 is 11.9 Å². The van der Waals surface area contributed by atoms with Gasteiger partial charge >= 0.3 is 5.97 Å². The van der Waals surface area contributed by atoms with E-state index in [4.69, 9.17) is 4.74 Å². The average molecular weight is 880 g/mol. The number of amides is 1. The molecular formula is C57H101NO5. The van der Waals surface area contributed by atoms with Gasteiger partial charge in [-0.15, -0.1) is 0 Å². The molecule has 6 heteroatoms. The molecule has 0 radical (unpaired) electrons. The molecule has 0 bridgehead atoms. The third kappa shape index (κ3) is 45.7. The lowest BCUT2D eigenvalue weighted by atomic mass is 10.0.